The van der Waals surface area contributed by atoms with Crippen LogP contribution in [0.15, 0.2) is 31.0 Å². The summed E-state index contributed by atoms with van der Waals surface area (Å²) in [5.74, 6) is 0.821. The summed E-state index contributed by atoms with van der Waals surface area (Å²) in [5, 5.41) is 4.77. The van der Waals surface area contributed by atoms with Crippen LogP contribution in [0.5, 0.6) is 0 Å². The lowest BCUT2D eigenvalue weighted by Gasteiger charge is -2.33. The Morgan fingerprint density at radius 1 is 1.48 bits per heavy atom. The summed E-state index contributed by atoms with van der Waals surface area (Å²) in [7, 11) is 1.85. The summed E-state index contributed by atoms with van der Waals surface area (Å²) < 4.78 is 1.84. The summed E-state index contributed by atoms with van der Waals surface area (Å²) in [6.07, 6.45) is 6.81. The molecular weight excluding hydrogens is 316 g/mol. The van der Waals surface area contributed by atoms with Gasteiger partial charge in [0.2, 0.25) is 5.91 Å². The zero-order valence-corrected chi connectivity index (χ0v) is 13.7. The summed E-state index contributed by atoms with van der Waals surface area (Å²) in [6, 6.07) is 3.78. The third-order valence-corrected chi connectivity index (χ3v) is 4.26. The van der Waals surface area contributed by atoms with Crippen LogP contribution in [-0.2, 0) is 4.79 Å². The van der Waals surface area contributed by atoms with Gasteiger partial charge in [-0.3, -0.25) is 4.79 Å². The van der Waals surface area contributed by atoms with Gasteiger partial charge in [0.15, 0.2) is 0 Å². The smallest absolute Gasteiger partial charge is 0.242 e. The van der Waals surface area contributed by atoms with Crippen molar-refractivity contribution in [1.29, 1.82) is 0 Å². The van der Waals surface area contributed by atoms with Crippen molar-refractivity contribution in [2.75, 3.05) is 31.6 Å². The Kier molecular flexibility index (Phi) is 4.76. The zero-order valence-electron chi connectivity index (χ0n) is 13.0. The number of anilines is 1. The van der Waals surface area contributed by atoms with Gasteiger partial charge in [-0.05, 0) is 25.0 Å². The second kappa shape index (κ2) is 6.95. The first-order chi connectivity index (χ1) is 11.1. The van der Waals surface area contributed by atoms with Crippen molar-refractivity contribution in [2.45, 2.75) is 18.9 Å². The molecule has 2 aromatic rings. The minimum absolute atomic E-state index is 0.0917. The van der Waals surface area contributed by atoms with E-state index in [1.165, 1.54) is 6.33 Å². The minimum atomic E-state index is 0.0917. The molecule has 7 nitrogen and oxygen atoms in total. The van der Waals surface area contributed by atoms with Gasteiger partial charge in [0.1, 0.15) is 18.5 Å². The number of likely N-dealkylation sites (N-methyl/N-ethyl adjacent to an activating group) is 1. The summed E-state index contributed by atoms with van der Waals surface area (Å²) in [4.78, 5) is 24.5. The lowest BCUT2D eigenvalue weighted by molar-refractivity contribution is -0.131. The summed E-state index contributed by atoms with van der Waals surface area (Å²) >= 11 is 5.84. The first kappa shape index (κ1) is 15.7. The largest absolute Gasteiger partial charge is 0.350 e. The van der Waals surface area contributed by atoms with Gasteiger partial charge in [0.05, 0.1) is 17.6 Å². The van der Waals surface area contributed by atoms with Crippen LogP contribution in [0.2, 0.25) is 5.02 Å². The second-order valence-electron chi connectivity index (χ2n) is 5.70. The van der Waals surface area contributed by atoms with Crippen LogP contribution in [0.4, 0.5) is 5.82 Å². The maximum atomic E-state index is 12.5. The third-order valence-electron chi connectivity index (χ3n) is 4.04. The molecule has 0 radical (unpaired) electrons. The molecule has 23 heavy (non-hydrogen) atoms. The molecule has 1 saturated heterocycles. The molecule has 8 heteroatoms. The van der Waals surface area contributed by atoms with Crippen molar-refractivity contribution in [3.8, 4) is 0 Å². The molecule has 1 aliphatic heterocycles. The quantitative estimate of drug-likeness (QED) is 0.850. The minimum Gasteiger partial charge on any atom is -0.350 e. The molecule has 0 N–H and O–H groups in total. The van der Waals surface area contributed by atoms with Gasteiger partial charge < -0.3 is 9.80 Å². The van der Waals surface area contributed by atoms with Crippen molar-refractivity contribution in [3.63, 3.8) is 0 Å². The molecule has 1 atom stereocenters. The van der Waals surface area contributed by atoms with Crippen LogP contribution < -0.4 is 4.90 Å². The molecule has 3 heterocycles. The molecule has 0 unspecified atom stereocenters. The van der Waals surface area contributed by atoms with Crippen LogP contribution >= 0.6 is 11.6 Å². The molecule has 1 fully saturated rings. The molecule has 122 valence electrons. The van der Waals surface area contributed by atoms with Gasteiger partial charge >= 0.3 is 0 Å². The molecule has 1 aliphatic rings. The number of hydrogen-bond acceptors (Lipinski definition) is 5. The van der Waals surface area contributed by atoms with Crippen LogP contribution in [0, 0.1) is 0 Å². The summed E-state index contributed by atoms with van der Waals surface area (Å²) in [5.41, 5.74) is 0. The number of aromatic nitrogens is 4. The van der Waals surface area contributed by atoms with E-state index in [-0.39, 0.29) is 11.9 Å². The van der Waals surface area contributed by atoms with Crippen LogP contribution in [0.1, 0.15) is 18.9 Å². The predicted molar refractivity (Wildman–Crippen MR) is 87.4 cm³/mol. The van der Waals surface area contributed by atoms with E-state index in [2.05, 4.69) is 15.1 Å². The number of amides is 1. The highest BCUT2D eigenvalue weighted by Crippen LogP contribution is 2.21. The van der Waals surface area contributed by atoms with Crippen molar-refractivity contribution < 1.29 is 4.79 Å². The third kappa shape index (κ3) is 3.79. The number of hydrogen-bond donors (Lipinski definition) is 0. The molecule has 3 rings (SSSR count). The SMILES string of the molecule is CN(CC(=O)N1CCC[C@H](n2cncn2)C1)c1ccc(Cl)cn1. The zero-order chi connectivity index (χ0) is 16.2. The van der Waals surface area contributed by atoms with Crippen LogP contribution in [-0.4, -0.2) is 57.2 Å². The van der Waals surface area contributed by atoms with Crippen molar-refractivity contribution in [3.05, 3.63) is 36.0 Å². The Morgan fingerprint density at radius 3 is 3.04 bits per heavy atom. The number of piperidine rings is 1. The van der Waals surface area contributed by atoms with Gasteiger partial charge in [-0.25, -0.2) is 14.6 Å². The van der Waals surface area contributed by atoms with Gasteiger partial charge in [-0.15, -0.1) is 0 Å². The standard InChI is InChI=1S/C15H19ClN6O/c1-20(14-5-4-12(16)7-18-14)9-15(23)21-6-2-3-13(8-21)22-11-17-10-19-22/h4-5,7,10-11,13H,2-3,6,8-9H2,1H3/t13-/m0/s1. The van der Waals surface area contributed by atoms with Gasteiger partial charge in [0.25, 0.3) is 0 Å². The summed E-state index contributed by atoms with van der Waals surface area (Å²) in [6.45, 7) is 1.74. The molecule has 0 saturated carbocycles. The Labute approximate surface area is 139 Å². The van der Waals surface area contributed by atoms with Crippen molar-refractivity contribution in [1.82, 2.24) is 24.6 Å². The van der Waals surface area contributed by atoms with E-state index in [1.54, 1.807) is 18.6 Å². The van der Waals surface area contributed by atoms with E-state index in [0.717, 1.165) is 25.2 Å². The lowest BCUT2D eigenvalue weighted by atomic mass is 10.1. The second-order valence-corrected chi connectivity index (χ2v) is 6.14. The molecule has 1 amide bonds. The molecule has 0 bridgehead atoms. The monoisotopic (exact) mass is 334 g/mol. The van der Waals surface area contributed by atoms with Crippen molar-refractivity contribution >= 4 is 23.3 Å². The highest BCUT2D eigenvalue weighted by atomic mass is 35.5. The van der Waals surface area contributed by atoms with Gasteiger partial charge in [-0.2, -0.15) is 5.10 Å². The van der Waals surface area contributed by atoms with E-state index < -0.39 is 0 Å². The number of carbonyl (C=O) groups is 1. The normalized spacial score (nSPS) is 18.0. The van der Waals surface area contributed by atoms with Gasteiger partial charge in [-0.1, -0.05) is 11.6 Å². The lowest BCUT2D eigenvalue weighted by Crippen LogP contribution is -2.45. The number of pyridine rings is 1. The number of rotatable bonds is 4. The number of carbonyl (C=O) groups excluding carboxylic acids is 1. The van der Waals surface area contributed by atoms with E-state index in [1.807, 2.05) is 27.6 Å². The maximum Gasteiger partial charge on any atom is 0.242 e. The number of likely N-dealkylation sites (tertiary alicyclic amines) is 1. The van der Waals surface area contributed by atoms with Crippen LogP contribution in [0.3, 0.4) is 0 Å². The Balaban J connectivity index is 1.60. The molecule has 0 aliphatic carbocycles. The first-order valence-electron chi connectivity index (χ1n) is 7.58. The highest BCUT2D eigenvalue weighted by Gasteiger charge is 2.25. The first-order valence-corrected chi connectivity index (χ1v) is 7.96. The van der Waals surface area contributed by atoms with Crippen LogP contribution in [0.25, 0.3) is 0 Å². The van der Waals surface area contributed by atoms with Crippen molar-refractivity contribution in [2.24, 2.45) is 0 Å². The van der Waals surface area contributed by atoms with E-state index >= 15 is 0 Å². The topological polar surface area (TPSA) is 67.2 Å². The van der Waals surface area contributed by atoms with E-state index in [4.69, 9.17) is 11.6 Å². The fourth-order valence-electron chi connectivity index (χ4n) is 2.78. The number of halogens is 1. The molecule has 0 spiro atoms. The highest BCUT2D eigenvalue weighted by molar-refractivity contribution is 6.30. The van der Waals surface area contributed by atoms with E-state index in [9.17, 15) is 4.79 Å². The Hall–Kier alpha value is -2.15. The molecule has 0 aromatic carbocycles. The molecule has 2 aromatic heterocycles. The average Bonchev–Trinajstić information content (AvgIpc) is 3.10. The molecular formula is C15H19ClN6O. The van der Waals surface area contributed by atoms with Gasteiger partial charge in [0, 0.05) is 26.3 Å². The maximum absolute atomic E-state index is 12.5. The fourth-order valence-corrected chi connectivity index (χ4v) is 2.89. The Morgan fingerprint density at radius 2 is 2.35 bits per heavy atom. The van der Waals surface area contributed by atoms with E-state index in [0.29, 0.717) is 18.1 Å². The predicted octanol–water partition coefficient (Wildman–Crippen LogP) is 1.63. The number of nitrogens with zero attached hydrogens (tertiary/aromatic N) is 6. The Bertz CT molecular complexity index is 644. The average molecular weight is 335 g/mol. The fraction of sp³-hybridized carbons (Fsp3) is 0.467.